The predicted octanol–water partition coefficient (Wildman–Crippen LogP) is 3.56. The van der Waals surface area contributed by atoms with Crippen molar-refractivity contribution in [3.05, 3.63) is 48.3 Å². The Kier molecular flexibility index (Phi) is 9.25. The first-order valence-corrected chi connectivity index (χ1v) is 8.88. The number of benzene rings is 1. The molecule has 0 saturated carbocycles. The van der Waals surface area contributed by atoms with Gasteiger partial charge in [0.05, 0.1) is 18.0 Å². The summed E-state index contributed by atoms with van der Waals surface area (Å²) in [5.41, 5.74) is 2.24. The molecule has 7 heteroatoms. The molecule has 27 heavy (non-hydrogen) atoms. The third-order valence-corrected chi connectivity index (χ3v) is 4.35. The smallest absolute Gasteiger partial charge is 0.193 e. The van der Waals surface area contributed by atoms with E-state index in [1.807, 2.05) is 54.5 Å². The number of ether oxygens (including phenoxy) is 1. The van der Waals surface area contributed by atoms with Crippen molar-refractivity contribution < 1.29 is 4.74 Å². The standard InChI is InChI=1S/C20H31N5O.HI/c1-20(2,3)18(26-6)13-22-19(21-4)24(5)14-16-12-23-25(15-16)17-10-8-7-9-11-17;/h7-12,15,18H,13-14H2,1-6H3,(H,21,22);1H. The van der Waals surface area contributed by atoms with Crippen LogP contribution in [0.3, 0.4) is 0 Å². The lowest BCUT2D eigenvalue weighted by Crippen LogP contribution is -2.45. The summed E-state index contributed by atoms with van der Waals surface area (Å²) in [7, 11) is 5.57. The summed E-state index contributed by atoms with van der Waals surface area (Å²) in [5, 5.41) is 7.86. The lowest BCUT2D eigenvalue weighted by Gasteiger charge is -2.31. The highest BCUT2D eigenvalue weighted by Crippen LogP contribution is 2.21. The third kappa shape index (κ3) is 6.80. The van der Waals surface area contributed by atoms with Crippen LogP contribution in [0.2, 0.25) is 0 Å². The zero-order chi connectivity index (χ0) is 19.2. The van der Waals surface area contributed by atoms with E-state index in [1.165, 1.54) is 0 Å². The number of aromatic nitrogens is 2. The maximum absolute atomic E-state index is 5.61. The van der Waals surface area contributed by atoms with Gasteiger partial charge in [-0.2, -0.15) is 5.10 Å². The summed E-state index contributed by atoms with van der Waals surface area (Å²) in [6.45, 7) is 7.95. The summed E-state index contributed by atoms with van der Waals surface area (Å²) < 4.78 is 7.50. The van der Waals surface area contributed by atoms with Gasteiger partial charge in [0.2, 0.25) is 0 Å². The van der Waals surface area contributed by atoms with Crippen LogP contribution < -0.4 is 5.32 Å². The van der Waals surface area contributed by atoms with E-state index in [4.69, 9.17) is 4.74 Å². The number of aliphatic imine (C=N–C) groups is 1. The van der Waals surface area contributed by atoms with Crippen LogP contribution in [-0.2, 0) is 11.3 Å². The molecule has 6 nitrogen and oxygen atoms in total. The summed E-state index contributed by atoms with van der Waals surface area (Å²) in [6.07, 6.45) is 4.05. The molecule has 0 aliphatic heterocycles. The molecule has 0 amide bonds. The number of methoxy groups -OCH3 is 1. The quantitative estimate of drug-likeness (QED) is 0.386. The van der Waals surface area contributed by atoms with Crippen LogP contribution >= 0.6 is 24.0 Å². The minimum Gasteiger partial charge on any atom is -0.379 e. The minimum absolute atomic E-state index is 0. The van der Waals surface area contributed by atoms with Gasteiger partial charge in [-0.15, -0.1) is 24.0 Å². The van der Waals surface area contributed by atoms with E-state index in [9.17, 15) is 0 Å². The first-order chi connectivity index (χ1) is 12.3. The fourth-order valence-corrected chi connectivity index (χ4v) is 2.82. The Labute approximate surface area is 180 Å². The van der Waals surface area contributed by atoms with Crippen molar-refractivity contribution in [1.29, 1.82) is 0 Å². The Bertz CT molecular complexity index is 709. The molecule has 0 radical (unpaired) electrons. The lowest BCUT2D eigenvalue weighted by molar-refractivity contribution is 0.0202. The van der Waals surface area contributed by atoms with Gasteiger partial charge in [0, 0.05) is 46.1 Å². The van der Waals surface area contributed by atoms with Crippen molar-refractivity contribution >= 4 is 29.9 Å². The Morgan fingerprint density at radius 2 is 1.96 bits per heavy atom. The van der Waals surface area contributed by atoms with E-state index in [0.717, 1.165) is 23.8 Å². The van der Waals surface area contributed by atoms with Crippen LogP contribution in [0.4, 0.5) is 0 Å². The summed E-state index contributed by atoms with van der Waals surface area (Å²) in [5.74, 6) is 0.837. The molecule has 2 rings (SSSR count). The molecule has 0 aliphatic carbocycles. The molecule has 0 spiro atoms. The number of rotatable bonds is 6. The van der Waals surface area contributed by atoms with Gasteiger partial charge in [-0.05, 0) is 17.5 Å². The number of nitrogens with zero attached hydrogens (tertiary/aromatic N) is 4. The van der Waals surface area contributed by atoms with Crippen molar-refractivity contribution in [2.75, 3.05) is 27.7 Å². The number of guanidine groups is 1. The maximum atomic E-state index is 5.61. The fourth-order valence-electron chi connectivity index (χ4n) is 2.82. The molecule has 150 valence electrons. The summed E-state index contributed by atoms with van der Waals surface area (Å²) in [4.78, 5) is 6.47. The average Bonchev–Trinajstić information content (AvgIpc) is 3.07. The second-order valence-corrected chi connectivity index (χ2v) is 7.50. The first kappa shape index (κ1) is 23.4. The Balaban J connectivity index is 0.00000364. The largest absolute Gasteiger partial charge is 0.379 e. The zero-order valence-corrected chi connectivity index (χ0v) is 19.5. The molecule has 0 bridgehead atoms. The average molecular weight is 485 g/mol. The van der Waals surface area contributed by atoms with Gasteiger partial charge < -0.3 is 15.0 Å². The Morgan fingerprint density at radius 1 is 1.30 bits per heavy atom. The van der Waals surface area contributed by atoms with Gasteiger partial charge in [-0.1, -0.05) is 39.0 Å². The van der Waals surface area contributed by atoms with Crippen molar-refractivity contribution in [2.45, 2.75) is 33.4 Å². The third-order valence-electron chi connectivity index (χ3n) is 4.35. The molecule has 1 atom stereocenters. The van der Waals surface area contributed by atoms with E-state index >= 15 is 0 Å². The molecule has 1 N–H and O–H groups in total. The van der Waals surface area contributed by atoms with Gasteiger partial charge in [-0.3, -0.25) is 4.99 Å². The fraction of sp³-hybridized carbons (Fsp3) is 0.500. The van der Waals surface area contributed by atoms with Crippen LogP contribution in [0.1, 0.15) is 26.3 Å². The molecule has 0 saturated heterocycles. The Morgan fingerprint density at radius 3 is 2.52 bits per heavy atom. The van der Waals surface area contributed by atoms with E-state index in [0.29, 0.717) is 6.54 Å². The maximum Gasteiger partial charge on any atom is 0.193 e. The molecule has 2 aromatic rings. The van der Waals surface area contributed by atoms with Gasteiger partial charge in [-0.25, -0.2) is 4.68 Å². The zero-order valence-electron chi connectivity index (χ0n) is 17.1. The van der Waals surface area contributed by atoms with Crippen LogP contribution in [0.15, 0.2) is 47.7 Å². The predicted molar refractivity (Wildman–Crippen MR) is 122 cm³/mol. The number of hydrogen-bond donors (Lipinski definition) is 1. The highest BCUT2D eigenvalue weighted by molar-refractivity contribution is 14.0. The highest BCUT2D eigenvalue weighted by Gasteiger charge is 2.24. The first-order valence-electron chi connectivity index (χ1n) is 8.88. The van der Waals surface area contributed by atoms with E-state index in [-0.39, 0.29) is 35.5 Å². The number of hydrogen-bond acceptors (Lipinski definition) is 3. The second kappa shape index (κ2) is 10.7. The van der Waals surface area contributed by atoms with Crippen LogP contribution in [0, 0.1) is 5.41 Å². The number of nitrogens with one attached hydrogen (secondary N) is 1. The van der Waals surface area contributed by atoms with Gasteiger partial charge in [0.1, 0.15) is 0 Å². The van der Waals surface area contributed by atoms with Gasteiger partial charge in [0.15, 0.2) is 5.96 Å². The molecule has 0 aliphatic rings. The molecule has 1 unspecified atom stereocenters. The summed E-state index contributed by atoms with van der Waals surface area (Å²) in [6, 6.07) is 10.1. The molecule has 1 aromatic heterocycles. The minimum atomic E-state index is 0. The van der Waals surface area contributed by atoms with Crippen molar-refractivity contribution in [3.8, 4) is 5.69 Å². The number of halogens is 1. The van der Waals surface area contributed by atoms with Crippen molar-refractivity contribution in [3.63, 3.8) is 0 Å². The SMILES string of the molecule is CN=C(NCC(OC)C(C)(C)C)N(C)Cc1cnn(-c2ccccc2)c1.I. The molecule has 1 aromatic carbocycles. The topological polar surface area (TPSA) is 54.7 Å². The van der Waals surface area contributed by atoms with E-state index < -0.39 is 0 Å². The van der Waals surface area contributed by atoms with Gasteiger partial charge in [0.25, 0.3) is 0 Å². The normalized spacial score (nSPS) is 13.0. The second-order valence-electron chi connectivity index (χ2n) is 7.50. The molecular formula is C20H32IN5O. The van der Waals surface area contributed by atoms with Crippen LogP contribution in [0.25, 0.3) is 5.69 Å². The van der Waals surface area contributed by atoms with Crippen molar-refractivity contribution in [2.24, 2.45) is 10.4 Å². The lowest BCUT2D eigenvalue weighted by atomic mass is 9.89. The summed E-state index contributed by atoms with van der Waals surface area (Å²) >= 11 is 0. The highest BCUT2D eigenvalue weighted by atomic mass is 127. The van der Waals surface area contributed by atoms with Crippen LogP contribution in [0.5, 0.6) is 0 Å². The molecule has 0 fully saturated rings. The number of para-hydroxylation sites is 1. The monoisotopic (exact) mass is 485 g/mol. The van der Waals surface area contributed by atoms with E-state index in [2.05, 4.69) is 41.1 Å². The molecular weight excluding hydrogens is 453 g/mol. The van der Waals surface area contributed by atoms with Crippen molar-refractivity contribution in [1.82, 2.24) is 20.0 Å². The van der Waals surface area contributed by atoms with Gasteiger partial charge >= 0.3 is 0 Å². The van der Waals surface area contributed by atoms with E-state index in [1.54, 1.807) is 14.2 Å². The van der Waals surface area contributed by atoms with Crippen LogP contribution in [-0.4, -0.2) is 54.5 Å². The molecule has 1 heterocycles. The Hall–Kier alpha value is -1.61.